The van der Waals surface area contributed by atoms with Crippen LogP contribution in [0.3, 0.4) is 0 Å². The summed E-state index contributed by atoms with van der Waals surface area (Å²) < 4.78 is 17.2. The van der Waals surface area contributed by atoms with E-state index in [-0.39, 0.29) is 48.5 Å². The van der Waals surface area contributed by atoms with Gasteiger partial charge in [0, 0.05) is 12.8 Å². The summed E-state index contributed by atoms with van der Waals surface area (Å²) in [7, 11) is 0. The zero-order valence-electron chi connectivity index (χ0n) is 22.7. The van der Waals surface area contributed by atoms with Gasteiger partial charge in [0.1, 0.15) is 12.4 Å². The van der Waals surface area contributed by atoms with Crippen molar-refractivity contribution in [1.29, 1.82) is 0 Å². The van der Waals surface area contributed by atoms with Crippen LogP contribution in [0.15, 0.2) is 54.6 Å². The second kappa shape index (κ2) is 12.1. The summed E-state index contributed by atoms with van der Waals surface area (Å²) in [6, 6.07) is 17.9. The predicted octanol–water partition coefficient (Wildman–Crippen LogP) is 6.73. The van der Waals surface area contributed by atoms with E-state index < -0.39 is 6.09 Å². The molecule has 0 N–H and O–H groups in total. The highest BCUT2D eigenvalue weighted by molar-refractivity contribution is 5.94. The number of aryl methyl sites for hydroxylation is 1. The summed E-state index contributed by atoms with van der Waals surface area (Å²) in [5.74, 6) is 0.679. The molecule has 1 unspecified atom stereocenters. The minimum absolute atomic E-state index is 0.0352. The first-order valence-electron chi connectivity index (χ1n) is 13.6. The molecular formula is C31H41NO5. The highest BCUT2D eigenvalue weighted by Crippen LogP contribution is 2.41. The van der Waals surface area contributed by atoms with Crippen LogP contribution in [0.4, 0.5) is 4.79 Å². The Morgan fingerprint density at radius 2 is 1.89 bits per heavy atom. The molecule has 0 aliphatic carbocycles. The van der Waals surface area contributed by atoms with E-state index in [1.807, 2.05) is 36.4 Å². The van der Waals surface area contributed by atoms with E-state index in [1.54, 1.807) is 0 Å². The van der Waals surface area contributed by atoms with Crippen molar-refractivity contribution >= 4 is 12.0 Å². The van der Waals surface area contributed by atoms with Crippen LogP contribution in [0.5, 0.6) is 5.75 Å². The standard InChI is InChI=1S/C31H41NO5/c1-22(31(2,3)4)27(24-13-10-14-26(19-24)37-29-15-8-9-18-35-29)20-28(33)32-25(21-36-30(32)34)17-16-23-11-6-5-7-12-23/h5-7,10-14,19,22,25,27,29H,8-9,15-18,20-21H2,1-4H3/t22-,25+,27-,29?/m0/s1. The van der Waals surface area contributed by atoms with Gasteiger partial charge in [0.2, 0.25) is 5.91 Å². The molecule has 2 aliphatic heterocycles. The van der Waals surface area contributed by atoms with Crippen LogP contribution < -0.4 is 4.74 Å². The summed E-state index contributed by atoms with van der Waals surface area (Å²) in [6.07, 6.45) is 4.00. The maximum atomic E-state index is 13.7. The van der Waals surface area contributed by atoms with Crippen LogP contribution in [-0.4, -0.2) is 42.4 Å². The number of hydrogen-bond donors (Lipinski definition) is 0. The molecule has 4 rings (SSSR count). The summed E-state index contributed by atoms with van der Waals surface area (Å²) in [6.45, 7) is 9.74. The zero-order chi connectivity index (χ0) is 26.4. The van der Waals surface area contributed by atoms with Crippen molar-refractivity contribution in [1.82, 2.24) is 4.90 Å². The molecule has 2 aliphatic rings. The van der Waals surface area contributed by atoms with Gasteiger partial charge in [0.15, 0.2) is 6.29 Å². The van der Waals surface area contributed by atoms with E-state index in [9.17, 15) is 9.59 Å². The molecule has 2 fully saturated rings. The minimum Gasteiger partial charge on any atom is -0.465 e. The van der Waals surface area contributed by atoms with Crippen LogP contribution >= 0.6 is 0 Å². The van der Waals surface area contributed by atoms with E-state index in [0.29, 0.717) is 6.42 Å². The van der Waals surface area contributed by atoms with Crippen molar-refractivity contribution in [2.75, 3.05) is 13.2 Å². The number of nitrogens with zero attached hydrogens (tertiary/aromatic N) is 1. The third kappa shape index (κ3) is 7.13. The molecule has 0 aromatic heterocycles. The van der Waals surface area contributed by atoms with Crippen molar-refractivity contribution < 1.29 is 23.8 Å². The van der Waals surface area contributed by atoms with Crippen LogP contribution in [0, 0.1) is 11.3 Å². The molecule has 37 heavy (non-hydrogen) atoms. The normalized spacial score (nSPS) is 21.8. The lowest BCUT2D eigenvalue weighted by Crippen LogP contribution is -2.41. The van der Waals surface area contributed by atoms with Crippen molar-refractivity contribution in [3.8, 4) is 5.75 Å². The molecule has 0 saturated carbocycles. The maximum Gasteiger partial charge on any atom is 0.416 e. The van der Waals surface area contributed by atoms with Crippen LogP contribution in [0.25, 0.3) is 0 Å². The van der Waals surface area contributed by atoms with E-state index in [4.69, 9.17) is 14.2 Å². The van der Waals surface area contributed by atoms with Gasteiger partial charge in [-0.2, -0.15) is 0 Å². The number of rotatable bonds is 9. The van der Waals surface area contributed by atoms with E-state index in [1.165, 1.54) is 10.5 Å². The van der Waals surface area contributed by atoms with Gasteiger partial charge in [-0.15, -0.1) is 0 Å². The van der Waals surface area contributed by atoms with E-state index in [2.05, 4.69) is 45.9 Å². The van der Waals surface area contributed by atoms with Crippen LogP contribution in [0.1, 0.15) is 76.8 Å². The molecule has 0 spiro atoms. The summed E-state index contributed by atoms with van der Waals surface area (Å²) in [5.41, 5.74) is 2.19. The van der Waals surface area contributed by atoms with E-state index >= 15 is 0 Å². The molecule has 2 saturated heterocycles. The number of hydrogen-bond acceptors (Lipinski definition) is 5. The number of carbonyl (C=O) groups is 2. The molecule has 2 aromatic carbocycles. The van der Waals surface area contributed by atoms with Crippen molar-refractivity contribution in [3.63, 3.8) is 0 Å². The Morgan fingerprint density at radius 1 is 1.11 bits per heavy atom. The van der Waals surface area contributed by atoms with Gasteiger partial charge in [-0.1, -0.05) is 70.2 Å². The molecule has 6 nitrogen and oxygen atoms in total. The molecule has 0 bridgehead atoms. The highest BCUT2D eigenvalue weighted by atomic mass is 16.7. The average molecular weight is 508 g/mol. The van der Waals surface area contributed by atoms with Gasteiger partial charge < -0.3 is 14.2 Å². The zero-order valence-corrected chi connectivity index (χ0v) is 22.7. The third-order valence-electron chi connectivity index (χ3n) is 7.89. The van der Waals surface area contributed by atoms with Gasteiger partial charge in [0.25, 0.3) is 0 Å². The molecule has 4 atom stereocenters. The minimum atomic E-state index is -0.531. The quantitative estimate of drug-likeness (QED) is 0.377. The lowest BCUT2D eigenvalue weighted by Gasteiger charge is -2.35. The molecule has 0 radical (unpaired) electrons. The maximum absolute atomic E-state index is 13.7. The Bertz CT molecular complexity index is 1040. The molecule has 6 heteroatoms. The summed E-state index contributed by atoms with van der Waals surface area (Å²) >= 11 is 0. The third-order valence-corrected chi connectivity index (χ3v) is 7.89. The number of ether oxygens (including phenoxy) is 3. The number of imide groups is 1. The van der Waals surface area contributed by atoms with Crippen LogP contribution in [0.2, 0.25) is 0 Å². The van der Waals surface area contributed by atoms with Crippen molar-refractivity contribution in [2.24, 2.45) is 11.3 Å². The molecule has 2 aromatic rings. The van der Waals surface area contributed by atoms with Crippen LogP contribution in [-0.2, 0) is 20.7 Å². The van der Waals surface area contributed by atoms with Gasteiger partial charge in [0.05, 0.1) is 12.6 Å². The molecule has 2 amide bonds. The first kappa shape index (κ1) is 27.2. The number of benzene rings is 2. The Morgan fingerprint density at radius 3 is 2.59 bits per heavy atom. The Kier molecular flexibility index (Phi) is 8.91. The first-order chi connectivity index (χ1) is 17.7. The van der Waals surface area contributed by atoms with Crippen molar-refractivity contribution in [3.05, 3.63) is 65.7 Å². The smallest absolute Gasteiger partial charge is 0.416 e. The highest BCUT2D eigenvalue weighted by Gasteiger charge is 2.40. The second-order valence-corrected chi connectivity index (χ2v) is 11.5. The fraction of sp³-hybridized carbons (Fsp3) is 0.548. The van der Waals surface area contributed by atoms with Gasteiger partial charge in [-0.05, 0) is 66.2 Å². The summed E-state index contributed by atoms with van der Waals surface area (Å²) in [4.78, 5) is 27.7. The summed E-state index contributed by atoms with van der Waals surface area (Å²) in [5, 5.41) is 0. The molecule has 200 valence electrons. The Balaban J connectivity index is 1.51. The van der Waals surface area contributed by atoms with E-state index in [0.717, 1.165) is 43.6 Å². The van der Waals surface area contributed by atoms with Gasteiger partial charge in [-0.25, -0.2) is 9.69 Å². The Labute approximate surface area is 221 Å². The number of carbonyl (C=O) groups excluding carboxylic acids is 2. The fourth-order valence-corrected chi connectivity index (χ4v) is 5.20. The van der Waals surface area contributed by atoms with Gasteiger partial charge >= 0.3 is 6.09 Å². The predicted molar refractivity (Wildman–Crippen MR) is 143 cm³/mol. The number of cyclic esters (lactones) is 1. The fourth-order valence-electron chi connectivity index (χ4n) is 5.20. The first-order valence-corrected chi connectivity index (χ1v) is 13.6. The topological polar surface area (TPSA) is 65.1 Å². The lowest BCUT2D eigenvalue weighted by atomic mass is 9.70. The van der Waals surface area contributed by atoms with Gasteiger partial charge in [-0.3, -0.25) is 4.79 Å². The largest absolute Gasteiger partial charge is 0.465 e. The number of amides is 2. The monoisotopic (exact) mass is 507 g/mol. The molecule has 2 heterocycles. The Hall–Kier alpha value is -2.86. The second-order valence-electron chi connectivity index (χ2n) is 11.5. The SMILES string of the molecule is C[C@@H]([C@H](CC(=O)N1C(=O)OC[C@H]1CCc1ccccc1)c1cccc(OC2CCCCO2)c1)C(C)(C)C. The lowest BCUT2D eigenvalue weighted by molar-refractivity contribution is -0.130. The van der Waals surface area contributed by atoms with Crippen molar-refractivity contribution in [2.45, 2.75) is 84.5 Å². The average Bonchev–Trinajstić information content (AvgIpc) is 3.26. The molecular weight excluding hydrogens is 466 g/mol.